The van der Waals surface area contributed by atoms with E-state index in [-0.39, 0.29) is 18.4 Å². The lowest BCUT2D eigenvalue weighted by atomic mass is 10.0. The summed E-state index contributed by atoms with van der Waals surface area (Å²) in [6.45, 7) is 3.66. The Morgan fingerprint density at radius 1 is 1.33 bits per heavy atom. The van der Waals surface area contributed by atoms with E-state index in [1.807, 2.05) is 18.2 Å². The predicted molar refractivity (Wildman–Crippen MR) is 70.1 cm³/mol. The summed E-state index contributed by atoms with van der Waals surface area (Å²) in [6.07, 6.45) is 3.64. The van der Waals surface area contributed by atoms with Crippen molar-refractivity contribution in [2.45, 2.75) is 18.9 Å². The van der Waals surface area contributed by atoms with Gasteiger partial charge in [-0.25, -0.2) is 0 Å². The lowest BCUT2D eigenvalue weighted by molar-refractivity contribution is 0.661. The molecule has 0 aliphatic heterocycles. The average molecular weight is 267 g/mol. The highest BCUT2D eigenvalue weighted by Gasteiger charge is 2.06. The molecule has 0 aromatic heterocycles. The van der Waals surface area contributed by atoms with Crippen molar-refractivity contribution in [1.29, 1.82) is 0 Å². The first-order valence-electron chi connectivity index (χ1n) is 4.46. The van der Waals surface area contributed by atoms with E-state index in [0.717, 1.165) is 18.4 Å². The summed E-state index contributed by atoms with van der Waals surface area (Å²) in [7, 11) is 0. The Morgan fingerprint density at radius 2 is 2.00 bits per heavy atom. The summed E-state index contributed by atoms with van der Waals surface area (Å²) in [4.78, 5) is 0. The molecule has 1 nitrogen and oxygen atoms in total. The van der Waals surface area contributed by atoms with Crippen LogP contribution < -0.4 is 5.73 Å². The Balaban J connectivity index is 0.00000196. The zero-order chi connectivity index (χ0) is 10.6. The highest BCUT2D eigenvalue weighted by atomic mass is 35.5. The Bertz CT molecular complexity index is 326. The van der Waals surface area contributed by atoms with Crippen molar-refractivity contribution in [1.82, 2.24) is 0 Å². The van der Waals surface area contributed by atoms with E-state index in [1.165, 1.54) is 0 Å². The molecule has 0 amide bonds. The monoisotopic (exact) mass is 265 g/mol. The molecule has 1 aromatic rings. The Kier molecular flexibility index (Phi) is 7.03. The molecule has 1 atom stereocenters. The molecule has 15 heavy (non-hydrogen) atoms. The van der Waals surface area contributed by atoms with E-state index in [0.29, 0.717) is 10.0 Å². The van der Waals surface area contributed by atoms with Crippen LogP contribution in [0.15, 0.2) is 30.9 Å². The first-order chi connectivity index (χ1) is 6.65. The summed E-state index contributed by atoms with van der Waals surface area (Å²) in [5.41, 5.74) is 6.97. The second kappa shape index (κ2) is 7.13. The number of benzene rings is 1. The van der Waals surface area contributed by atoms with Gasteiger partial charge < -0.3 is 5.73 Å². The molecule has 0 aliphatic rings. The summed E-state index contributed by atoms with van der Waals surface area (Å²) in [5, 5.41) is 1.12. The third-order valence-electron chi connectivity index (χ3n) is 2.05. The predicted octanol–water partition coefficient (Wildman–Crippen LogP) is 4.38. The Morgan fingerprint density at radius 3 is 2.53 bits per heavy atom. The molecule has 0 heterocycles. The molecule has 0 radical (unpaired) electrons. The van der Waals surface area contributed by atoms with Crippen molar-refractivity contribution >= 4 is 35.6 Å². The van der Waals surface area contributed by atoms with Crippen LogP contribution in [0.25, 0.3) is 0 Å². The minimum Gasteiger partial charge on any atom is -0.324 e. The van der Waals surface area contributed by atoms with Crippen LogP contribution in [0.4, 0.5) is 0 Å². The number of allylic oxidation sites excluding steroid dienone is 1. The molecule has 1 aromatic carbocycles. The summed E-state index contributed by atoms with van der Waals surface area (Å²) < 4.78 is 0. The highest BCUT2D eigenvalue weighted by Crippen LogP contribution is 2.26. The fraction of sp³-hybridized carbons (Fsp3) is 0.273. The zero-order valence-corrected chi connectivity index (χ0v) is 10.6. The molecule has 84 valence electrons. The van der Waals surface area contributed by atoms with E-state index in [4.69, 9.17) is 28.9 Å². The smallest absolute Gasteiger partial charge is 0.0595 e. The minimum absolute atomic E-state index is 0. The quantitative estimate of drug-likeness (QED) is 0.804. The van der Waals surface area contributed by atoms with Crippen molar-refractivity contribution < 1.29 is 0 Å². The Hall–Kier alpha value is -0.210. The van der Waals surface area contributed by atoms with Crippen LogP contribution in [0.1, 0.15) is 24.4 Å². The first-order valence-corrected chi connectivity index (χ1v) is 5.22. The Labute approximate surface area is 107 Å². The van der Waals surface area contributed by atoms with Gasteiger partial charge in [-0.1, -0.05) is 35.3 Å². The minimum atomic E-state index is 0. The van der Waals surface area contributed by atoms with Crippen molar-refractivity contribution in [3.63, 3.8) is 0 Å². The average Bonchev–Trinajstić information content (AvgIpc) is 2.18. The fourth-order valence-electron chi connectivity index (χ4n) is 1.21. The number of hydrogen-bond donors (Lipinski definition) is 1. The standard InChI is InChI=1S/C11H13Cl2N.ClH/c1-2-3-4-11(14)8-5-6-9(12)10(13)7-8;/h2,5-7,11H,1,3-4,14H2;1H/t11-;/m0./s1. The van der Waals surface area contributed by atoms with Crippen LogP contribution >= 0.6 is 35.6 Å². The zero-order valence-electron chi connectivity index (χ0n) is 8.25. The molecule has 0 saturated carbocycles. The summed E-state index contributed by atoms with van der Waals surface area (Å²) in [5.74, 6) is 0. The van der Waals surface area contributed by atoms with Crippen molar-refractivity contribution in [2.24, 2.45) is 5.73 Å². The molecule has 0 saturated heterocycles. The third-order valence-corrected chi connectivity index (χ3v) is 2.79. The molecule has 0 bridgehead atoms. The molecular weight excluding hydrogens is 252 g/mol. The van der Waals surface area contributed by atoms with Gasteiger partial charge in [-0.05, 0) is 30.5 Å². The van der Waals surface area contributed by atoms with Gasteiger partial charge in [0, 0.05) is 6.04 Å². The molecule has 1 rings (SSSR count). The van der Waals surface area contributed by atoms with Crippen LogP contribution in [-0.2, 0) is 0 Å². The highest BCUT2D eigenvalue weighted by molar-refractivity contribution is 6.42. The molecule has 2 N–H and O–H groups in total. The van der Waals surface area contributed by atoms with Gasteiger partial charge in [-0.2, -0.15) is 0 Å². The van der Waals surface area contributed by atoms with Crippen molar-refractivity contribution in [2.75, 3.05) is 0 Å². The lowest BCUT2D eigenvalue weighted by Crippen LogP contribution is -2.09. The number of halogens is 3. The number of rotatable bonds is 4. The van der Waals surface area contributed by atoms with Crippen LogP contribution in [0.3, 0.4) is 0 Å². The SMILES string of the molecule is C=CCC[C@H](N)c1ccc(Cl)c(Cl)c1.Cl. The van der Waals surface area contributed by atoms with Crippen LogP contribution in [0.2, 0.25) is 10.0 Å². The van der Waals surface area contributed by atoms with Crippen molar-refractivity contribution in [3.8, 4) is 0 Å². The maximum absolute atomic E-state index is 5.95. The normalized spacial score (nSPS) is 11.7. The maximum Gasteiger partial charge on any atom is 0.0595 e. The number of hydrogen-bond acceptors (Lipinski definition) is 1. The van der Waals surface area contributed by atoms with E-state index < -0.39 is 0 Å². The van der Waals surface area contributed by atoms with Gasteiger partial charge in [0.1, 0.15) is 0 Å². The molecular formula is C11H14Cl3N. The molecule has 0 spiro atoms. The van der Waals surface area contributed by atoms with Gasteiger partial charge in [0.2, 0.25) is 0 Å². The summed E-state index contributed by atoms with van der Waals surface area (Å²) >= 11 is 11.7. The fourth-order valence-corrected chi connectivity index (χ4v) is 1.51. The van der Waals surface area contributed by atoms with Crippen LogP contribution in [0, 0.1) is 0 Å². The third kappa shape index (κ3) is 4.43. The van der Waals surface area contributed by atoms with Crippen LogP contribution in [-0.4, -0.2) is 0 Å². The molecule has 0 fully saturated rings. The van der Waals surface area contributed by atoms with Gasteiger partial charge in [-0.3, -0.25) is 0 Å². The van der Waals surface area contributed by atoms with E-state index in [2.05, 4.69) is 6.58 Å². The topological polar surface area (TPSA) is 26.0 Å². The van der Waals surface area contributed by atoms with Gasteiger partial charge >= 0.3 is 0 Å². The van der Waals surface area contributed by atoms with E-state index in [1.54, 1.807) is 6.07 Å². The van der Waals surface area contributed by atoms with Crippen LogP contribution in [0.5, 0.6) is 0 Å². The second-order valence-corrected chi connectivity index (χ2v) is 3.96. The van der Waals surface area contributed by atoms with E-state index >= 15 is 0 Å². The van der Waals surface area contributed by atoms with E-state index in [9.17, 15) is 0 Å². The lowest BCUT2D eigenvalue weighted by Gasteiger charge is -2.11. The maximum atomic E-state index is 5.95. The molecule has 0 aliphatic carbocycles. The molecule has 0 unspecified atom stereocenters. The van der Waals surface area contributed by atoms with Gasteiger partial charge in [0.15, 0.2) is 0 Å². The second-order valence-electron chi connectivity index (χ2n) is 3.15. The molecule has 4 heteroatoms. The van der Waals surface area contributed by atoms with Crippen molar-refractivity contribution in [3.05, 3.63) is 46.5 Å². The summed E-state index contributed by atoms with van der Waals surface area (Å²) in [6, 6.07) is 5.50. The van der Waals surface area contributed by atoms with Gasteiger partial charge in [-0.15, -0.1) is 19.0 Å². The van der Waals surface area contributed by atoms with Gasteiger partial charge in [0.25, 0.3) is 0 Å². The van der Waals surface area contributed by atoms with Gasteiger partial charge in [0.05, 0.1) is 10.0 Å². The number of nitrogens with two attached hydrogens (primary N) is 1. The largest absolute Gasteiger partial charge is 0.324 e. The first kappa shape index (κ1) is 14.8.